The smallest absolute Gasteiger partial charge is 0.306 e. The van der Waals surface area contributed by atoms with Gasteiger partial charge in [0, 0.05) is 19.3 Å². The lowest BCUT2D eigenvalue weighted by Crippen LogP contribution is -2.30. The first-order valence-electron chi connectivity index (χ1n) is 31.8. The van der Waals surface area contributed by atoms with Gasteiger partial charge in [-0.05, 0) is 51.4 Å². The van der Waals surface area contributed by atoms with E-state index < -0.39 is 6.10 Å². The van der Waals surface area contributed by atoms with Gasteiger partial charge < -0.3 is 14.2 Å². The molecule has 0 rings (SSSR count). The van der Waals surface area contributed by atoms with E-state index in [1.54, 1.807) is 0 Å². The van der Waals surface area contributed by atoms with Gasteiger partial charge in [0.25, 0.3) is 0 Å². The first-order chi connectivity index (χ1) is 35.0. The van der Waals surface area contributed by atoms with Crippen molar-refractivity contribution < 1.29 is 28.6 Å². The van der Waals surface area contributed by atoms with Gasteiger partial charge in [-0.2, -0.15) is 0 Å². The highest BCUT2D eigenvalue weighted by Gasteiger charge is 2.19. The van der Waals surface area contributed by atoms with E-state index in [0.717, 1.165) is 77.0 Å². The molecule has 1 atom stereocenters. The van der Waals surface area contributed by atoms with E-state index in [1.165, 1.54) is 238 Å². The fourth-order valence-corrected chi connectivity index (χ4v) is 9.65. The van der Waals surface area contributed by atoms with Crippen LogP contribution in [-0.2, 0) is 28.6 Å². The third-order valence-corrected chi connectivity index (χ3v) is 14.5. The lowest BCUT2D eigenvalue weighted by atomic mass is 10.0. The fourth-order valence-electron chi connectivity index (χ4n) is 9.65. The molecule has 71 heavy (non-hydrogen) atoms. The van der Waals surface area contributed by atoms with E-state index in [9.17, 15) is 14.4 Å². The van der Waals surface area contributed by atoms with Crippen molar-refractivity contribution in [3.8, 4) is 0 Å². The molecule has 0 saturated heterocycles. The standard InChI is InChI=1S/C65H122O6/c1-4-7-10-13-16-19-22-25-27-29-30-31-32-33-34-35-36-37-39-40-43-46-49-52-55-58-64(67)70-61-62(60-69-63(66)57-54-51-48-45-42-24-21-18-15-12-9-6-3)71-65(68)59-56-53-50-47-44-41-38-28-26-23-20-17-14-11-8-5-2/h20,23,28,38,62H,4-19,21-22,24-27,29-37,39-61H2,1-3H3/b23-20-,38-28-. The Bertz CT molecular complexity index is 1150. The van der Waals surface area contributed by atoms with Gasteiger partial charge in [0.1, 0.15) is 13.2 Å². The third-order valence-electron chi connectivity index (χ3n) is 14.5. The van der Waals surface area contributed by atoms with Gasteiger partial charge in [0.15, 0.2) is 6.10 Å². The number of rotatable bonds is 59. The van der Waals surface area contributed by atoms with Crippen LogP contribution < -0.4 is 0 Å². The second-order valence-electron chi connectivity index (χ2n) is 21.7. The molecule has 0 bridgehead atoms. The Balaban J connectivity index is 4.21. The molecule has 0 fully saturated rings. The Morgan fingerprint density at radius 2 is 0.507 bits per heavy atom. The Labute approximate surface area is 443 Å². The summed E-state index contributed by atoms with van der Waals surface area (Å²) in [6, 6.07) is 0. The van der Waals surface area contributed by atoms with Crippen LogP contribution in [0.25, 0.3) is 0 Å². The quantitative estimate of drug-likeness (QED) is 0.0261. The van der Waals surface area contributed by atoms with Crippen LogP contribution in [0.4, 0.5) is 0 Å². The van der Waals surface area contributed by atoms with Crippen LogP contribution in [0.5, 0.6) is 0 Å². The number of hydrogen-bond donors (Lipinski definition) is 0. The van der Waals surface area contributed by atoms with Crippen LogP contribution in [0, 0.1) is 0 Å². The summed E-state index contributed by atoms with van der Waals surface area (Å²) in [4.78, 5) is 38.2. The minimum atomic E-state index is -0.774. The van der Waals surface area contributed by atoms with Crippen molar-refractivity contribution in [1.82, 2.24) is 0 Å². The molecule has 0 spiro atoms. The Hall–Kier alpha value is -2.11. The van der Waals surface area contributed by atoms with Gasteiger partial charge in [0.2, 0.25) is 0 Å². The van der Waals surface area contributed by atoms with Crippen molar-refractivity contribution in [2.75, 3.05) is 13.2 Å². The maximum atomic E-state index is 12.9. The number of carbonyl (C=O) groups excluding carboxylic acids is 3. The van der Waals surface area contributed by atoms with Gasteiger partial charge in [-0.15, -0.1) is 0 Å². The predicted molar refractivity (Wildman–Crippen MR) is 307 cm³/mol. The summed E-state index contributed by atoms with van der Waals surface area (Å²) in [6.07, 6.45) is 71.9. The number of unbranched alkanes of at least 4 members (excludes halogenated alkanes) is 44. The van der Waals surface area contributed by atoms with Crippen LogP contribution in [0.2, 0.25) is 0 Å². The maximum Gasteiger partial charge on any atom is 0.306 e. The van der Waals surface area contributed by atoms with Crippen molar-refractivity contribution in [3.05, 3.63) is 24.3 Å². The first kappa shape index (κ1) is 68.9. The zero-order chi connectivity index (χ0) is 51.4. The van der Waals surface area contributed by atoms with Gasteiger partial charge in [0.05, 0.1) is 0 Å². The molecule has 0 aliphatic rings. The van der Waals surface area contributed by atoms with E-state index in [2.05, 4.69) is 45.1 Å². The normalized spacial score (nSPS) is 12.1. The number of hydrogen-bond acceptors (Lipinski definition) is 6. The van der Waals surface area contributed by atoms with Crippen molar-refractivity contribution in [1.29, 1.82) is 0 Å². The fraction of sp³-hybridized carbons (Fsp3) is 0.892. The number of allylic oxidation sites excluding steroid dienone is 4. The predicted octanol–water partition coefficient (Wildman–Crippen LogP) is 21.4. The summed E-state index contributed by atoms with van der Waals surface area (Å²) in [5, 5.41) is 0. The molecule has 0 aromatic rings. The van der Waals surface area contributed by atoms with Crippen molar-refractivity contribution in [2.24, 2.45) is 0 Å². The second-order valence-corrected chi connectivity index (χ2v) is 21.7. The number of carbonyl (C=O) groups is 3. The first-order valence-corrected chi connectivity index (χ1v) is 31.8. The SMILES string of the molecule is CCCCCC/C=C\C/C=C\CCCCCCCC(=O)OC(COC(=O)CCCCCCCCCCCCCC)COC(=O)CCCCCCCCCCCCCCCCCCCCCCCCCCC. The molecule has 1 unspecified atom stereocenters. The largest absolute Gasteiger partial charge is 0.462 e. The summed E-state index contributed by atoms with van der Waals surface area (Å²) in [6.45, 7) is 6.67. The van der Waals surface area contributed by atoms with Crippen LogP contribution in [0.15, 0.2) is 24.3 Å². The molecule has 418 valence electrons. The summed E-state index contributed by atoms with van der Waals surface area (Å²) in [7, 11) is 0. The van der Waals surface area contributed by atoms with Crippen LogP contribution >= 0.6 is 0 Å². The second kappa shape index (κ2) is 60.4. The maximum absolute atomic E-state index is 12.9. The van der Waals surface area contributed by atoms with Crippen LogP contribution in [0.1, 0.15) is 355 Å². The number of esters is 3. The van der Waals surface area contributed by atoms with Crippen molar-refractivity contribution in [2.45, 2.75) is 361 Å². The van der Waals surface area contributed by atoms with Gasteiger partial charge in [-0.3, -0.25) is 14.4 Å². The Morgan fingerprint density at radius 3 is 0.789 bits per heavy atom. The molecule has 0 radical (unpaired) electrons. The summed E-state index contributed by atoms with van der Waals surface area (Å²) in [5.74, 6) is -0.860. The number of ether oxygens (including phenoxy) is 3. The Kier molecular flexibility index (Phi) is 58.6. The highest BCUT2D eigenvalue weighted by atomic mass is 16.6. The molecule has 0 aromatic carbocycles. The van der Waals surface area contributed by atoms with Crippen LogP contribution in [0.3, 0.4) is 0 Å². The molecule has 0 N–H and O–H groups in total. The molecule has 6 heteroatoms. The summed E-state index contributed by atoms with van der Waals surface area (Å²) in [5.41, 5.74) is 0. The lowest BCUT2D eigenvalue weighted by Gasteiger charge is -2.18. The molecular weight excluding hydrogens is 877 g/mol. The van der Waals surface area contributed by atoms with Crippen LogP contribution in [-0.4, -0.2) is 37.2 Å². The highest BCUT2D eigenvalue weighted by Crippen LogP contribution is 2.18. The molecule has 0 heterocycles. The molecule has 0 aromatic heterocycles. The van der Waals surface area contributed by atoms with E-state index in [4.69, 9.17) is 14.2 Å². The zero-order valence-electron chi connectivity index (χ0n) is 48.0. The van der Waals surface area contributed by atoms with E-state index in [0.29, 0.717) is 19.3 Å². The summed E-state index contributed by atoms with van der Waals surface area (Å²) < 4.78 is 16.9. The molecule has 0 saturated carbocycles. The molecule has 0 aliphatic heterocycles. The Morgan fingerprint density at radius 1 is 0.282 bits per heavy atom. The average molecular weight is 1000 g/mol. The van der Waals surface area contributed by atoms with E-state index in [-0.39, 0.29) is 31.1 Å². The van der Waals surface area contributed by atoms with E-state index >= 15 is 0 Å². The van der Waals surface area contributed by atoms with Crippen molar-refractivity contribution in [3.63, 3.8) is 0 Å². The topological polar surface area (TPSA) is 78.9 Å². The minimum absolute atomic E-state index is 0.0713. The molecule has 0 aliphatic carbocycles. The molecular formula is C65H122O6. The third kappa shape index (κ3) is 58.7. The molecule has 0 amide bonds. The highest BCUT2D eigenvalue weighted by molar-refractivity contribution is 5.71. The van der Waals surface area contributed by atoms with Gasteiger partial charge >= 0.3 is 17.9 Å². The minimum Gasteiger partial charge on any atom is -0.462 e. The molecule has 6 nitrogen and oxygen atoms in total. The van der Waals surface area contributed by atoms with E-state index in [1.807, 2.05) is 0 Å². The van der Waals surface area contributed by atoms with Gasteiger partial charge in [-0.1, -0.05) is 308 Å². The van der Waals surface area contributed by atoms with Gasteiger partial charge in [-0.25, -0.2) is 0 Å². The monoisotopic (exact) mass is 999 g/mol. The summed E-state index contributed by atoms with van der Waals surface area (Å²) >= 11 is 0. The van der Waals surface area contributed by atoms with Crippen molar-refractivity contribution >= 4 is 17.9 Å². The average Bonchev–Trinajstić information content (AvgIpc) is 3.37. The lowest BCUT2D eigenvalue weighted by molar-refractivity contribution is -0.167. The zero-order valence-corrected chi connectivity index (χ0v) is 48.0.